The molecule has 0 fully saturated rings. The van der Waals surface area contributed by atoms with E-state index < -0.39 is 0 Å². The number of hydrogen-bond donors (Lipinski definition) is 2. The molecule has 6 heteroatoms. The van der Waals surface area contributed by atoms with Crippen LogP contribution >= 0.6 is 0 Å². The lowest BCUT2D eigenvalue weighted by Crippen LogP contribution is -2.20. The zero-order valence-corrected chi connectivity index (χ0v) is 12.6. The van der Waals surface area contributed by atoms with Gasteiger partial charge in [-0.05, 0) is 24.3 Å². The Morgan fingerprint density at radius 3 is 3.04 bits per heavy atom. The van der Waals surface area contributed by atoms with Crippen LogP contribution < -0.4 is 10.1 Å². The van der Waals surface area contributed by atoms with Crippen molar-refractivity contribution in [3.63, 3.8) is 0 Å². The molecule has 3 rings (SSSR count). The largest absolute Gasteiger partial charge is 0.496 e. The predicted octanol–water partition coefficient (Wildman–Crippen LogP) is 2.30. The number of ether oxygens (including phenoxy) is 1. The van der Waals surface area contributed by atoms with Gasteiger partial charge in [-0.25, -0.2) is 4.98 Å². The molecule has 0 aliphatic heterocycles. The van der Waals surface area contributed by atoms with E-state index in [0.29, 0.717) is 12.2 Å². The highest BCUT2D eigenvalue weighted by atomic mass is 16.5. The fourth-order valence-electron chi connectivity index (χ4n) is 2.25. The van der Waals surface area contributed by atoms with E-state index in [2.05, 4.69) is 20.5 Å². The third-order valence-electron chi connectivity index (χ3n) is 3.41. The second-order valence-electron chi connectivity index (χ2n) is 4.87. The smallest absolute Gasteiger partial charge is 0.244 e. The molecule has 6 nitrogen and oxygen atoms in total. The fourth-order valence-corrected chi connectivity index (χ4v) is 2.25. The van der Waals surface area contributed by atoms with Gasteiger partial charge in [-0.15, -0.1) is 0 Å². The van der Waals surface area contributed by atoms with Crippen molar-refractivity contribution in [3.8, 4) is 5.75 Å². The summed E-state index contributed by atoms with van der Waals surface area (Å²) in [5, 5.41) is 10.6. The van der Waals surface area contributed by atoms with Crippen molar-refractivity contribution in [2.45, 2.75) is 6.54 Å². The number of methoxy groups -OCH3 is 1. The predicted molar refractivity (Wildman–Crippen MR) is 87.8 cm³/mol. The van der Waals surface area contributed by atoms with Gasteiger partial charge in [0.25, 0.3) is 0 Å². The number of carbonyl (C=O) groups is 1. The van der Waals surface area contributed by atoms with Crippen molar-refractivity contribution in [3.05, 3.63) is 59.9 Å². The van der Waals surface area contributed by atoms with E-state index in [1.165, 1.54) is 6.08 Å². The average Bonchev–Trinajstić information content (AvgIpc) is 3.01. The summed E-state index contributed by atoms with van der Waals surface area (Å²) < 4.78 is 5.26. The Labute approximate surface area is 133 Å². The van der Waals surface area contributed by atoms with Gasteiger partial charge in [0, 0.05) is 29.8 Å². The molecule has 2 heterocycles. The standard InChI is InChI=1S/C17H16N4O2/c1-23-15-7-3-2-5-12(15)11-19-16(22)9-8-14-13-6-4-10-18-17(13)21-20-14/h2-10H,11H2,1H3,(H,19,22)(H,18,20,21). The number of rotatable bonds is 5. The summed E-state index contributed by atoms with van der Waals surface area (Å²) in [5.41, 5.74) is 2.30. The van der Waals surface area contributed by atoms with E-state index in [1.807, 2.05) is 36.4 Å². The van der Waals surface area contributed by atoms with Gasteiger partial charge in [-0.2, -0.15) is 5.10 Å². The minimum Gasteiger partial charge on any atom is -0.496 e. The molecule has 0 bridgehead atoms. The maximum Gasteiger partial charge on any atom is 0.244 e. The van der Waals surface area contributed by atoms with Crippen LogP contribution in [-0.4, -0.2) is 28.2 Å². The maximum atomic E-state index is 12.0. The molecule has 0 aliphatic carbocycles. The van der Waals surface area contributed by atoms with E-state index in [1.54, 1.807) is 19.4 Å². The monoisotopic (exact) mass is 308 g/mol. The molecular formula is C17H16N4O2. The zero-order valence-electron chi connectivity index (χ0n) is 12.6. The van der Waals surface area contributed by atoms with Crippen LogP contribution in [0.15, 0.2) is 48.7 Å². The van der Waals surface area contributed by atoms with Gasteiger partial charge in [0.1, 0.15) is 5.75 Å². The summed E-state index contributed by atoms with van der Waals surface area (Å²) in [5.74, 6) is 0.560. The molecule has 2 aromatic heterocycles. The number of hydrogen-bond acceptors (Lipinski definition) is 4. The topological polar surface area (TPSA) is 79.9 Å². The van der Waals surface area contributed by atoms with Crippen molar-refractivity contribution >= 4 is 23.0 Å². The Bertz CT molecular complexity index is 854. The molecule has 0 saturated heterocycles. The number of H-pyrrole nitrogens is 1. The van der Waals surface area contributed by atoms with Crippen molar-refractivity contribution in [1.82, 2.24) is 20.5 Å². The van der Waals surface area contributed by atoms with Crippen LogP contribution in [0.4, 0.5) is 0 Å². The Morgan fingerprint density at radius 2 is 2.17 bits per heavy atom. The van der Waals surface area contributed by atoms with Gasteiger partial charge in [0.05, 0.1) is 12.8 Å². The molecule has 0 saturated carbocycles. The van der Waals surface area contributed by atoms with Gasteiger partial charge < -0.3 is 10.1 Å². The van der Waals surface area contributed by atoms with Crippen molar-refractivity contribution in [2.75, 3.05) is 7.11 Å². The lowest BCUT2D eigenvalue weighted by Gasteiger charge is -2.08. The number of carbonyl (C=O) groups excluding carboxylic acids is 1. The summed E-state index contributed by atoms with van der Waals surface area (Å²) in [7, 11) is 1.61. The van der Waals surface area contributed by atoms with E-state index in [0.717, 1.165) is 22.4 Å². The summed E-state index contributed by atoms with van der Waals surface area (Å²) in [6.45, 7) is 0.401. The molecule has 2 N–H and O–H groups in total. The van der Waals surface area contributed by atoms with Crippen LogP contribution in [-0.2, 0) is 11.3 Å². The zero-order chi connectivity index (χ0) is 16.1. The van der Waals surface area contributed by atoms with Gasteiger partial charge in [-0.3, -0.25) is 9.89 Å². The van der Waals surface area contributed by atoms with Crippen LogP contribution in [0.25, 0.3) is 17.1 Å². The quantitative estimate of drug-likeness (QED) is 0.709. The molecule has 1 aromatic carbocycles. The van der Waals surface area contributed by atoms with Crippen molar-refractivity contribution < 1.29 is 9.53 Å². The van der Waals surface area contributed by atoms with Crippen LogP contribution in [0.1, 0.15) is 11.3 Å². The maximum absolute atomic E-state index is 12.0. The summed E-state index contributed by atoms with van der Waals surface area (Å²) >= 11 is 0. The number of benzene rings is 1. The molecule has 23 heavy (non-hydrogen) atoms. The SMILES string of the molecule is COc1ccccc1CNC(=O)C=Cc1[nH]nc2ncccc12. The highest BCUT2D eigenvalue weighted by molar-refractivity contribution is 5.94. The van der Waals surface area contributed by atoms with E-state index in [-0.39, 0.29) is 5.91 Å². The number of pyridine rings is 1. The average molecular weight is 308 g/mol. The van der Waals surface area contributed by atoms with Crippen LogP contribution in [0.5, 0.6) is 5.75 Å². The number of nitrogens with zero attached hydrogens (tertiary/aromatic N) is 2. The van der Waals surface area contributed by atoms with Gasteiger partial charge in [-0.1, -0.05) is 18.2 Å². The van der Waals surface area contributed by atoms with Crippen LogP contribution in [0.3, 0.4) is 0 Å². The molecule has 116 valence electrons. The Hall–Kier alpha value is -3.15. The molecule has 0 atom stereocenters. The van der Waals surface area contributed by atoms with E-state index in [4.69, 9.17) is 4.74 Å². The first kappa shape index (κ1) is 14.8. The van der Waals surface area contributed by atoms with E-state index in [9.17, 15) is 4.79 Å². The number of para-hydroxylation sites is 1. The minimum absolute atomic E-state index is 0.192. The number of aromatic amines is 1. The molecular weight excluding hydrogens is 292 g/mol. The number of amides is 1. The number of fused-ring (bicyclic) bond motifs is 1. The number of nitrogens with one attached hydrogen (secondary N) is 2. The molecule has 1 amide bonds. The highest BCUT2D eigenvalue weighted by Crippen LogP contribution is 2.17. The minimum atomic E-state index is -0.192. The lowest BCUT2D eigenvalue weighted by atomic mass is 10.2. The van der Waals surface area contributed by atoms with Gasteiger partial charge >= 0.3 is 0 Å². The third kappa shape index (κ3) is 3.37. The Balaban J connectivity index is 1.65. The summed E-state index contributed by atoms with van der Waals surface area (Å²) in [4.78, 5) is 16.1. The van der Waals surface area contributed by atoms with Crippen LogP contribution in [0.2, 0.25) is 0 Å². The molecule has 0 spiro atoms. The first-order valence-corrected chi connectivity index (χ1v) is 7.15. The molecule has 0 aliphatic rings. The first-order valence-electron chi connectivity index (χ1n) is 7.15. The summed E-state index contributed by atoms with van der Waals surface area (Å²) in [6.07, 6.45) is 4.83. The Kier molecular flexibility index (Phi) is 4.33. The second-order valence-corrected chi connectivity index (χ2v) is 4.87. The lowest BCUT2D eigenvalue weighted by molar-refractivity contribution is -0.116. The molecule has 0 unspecified atom stereocenters. The van der Waals surface area contributed by atoms with E-state index >= 15 is 0 Å². The molecule has 0 radical (unpaired) electrons. The second kappa shape index (κ2) is 6.74. The Morgan fingerprint density at radius 1 is 1.30 bits per heavy atom. The van der Waals surface area contributed by atoms with Gasteiger partial charge in [0.15, 0.2) is 5.65 Å². The fraction of sp³-hybridized carbons (Fsp3) is 0.118. The molecule has 3 aromatic rings. The van der Waals surface area contributed by atoms with Gasteiger partial charge in [0.2, 0.25) is 5.91 Å². The third-order valence-corrected chi connectivity index (χ3v) is 3.41. The van der Waals surface area contributed by atoms with Crippen LogP contribution in [0, 0.1) is 0 Å². The normalized spacial score (nSPS) is 11.0. The highest BCUT2D eigenvalue weighted by Gasteiger charge is 2.04. The number of aromatic nitrogens is 3. The van der Waals surface area contributed by atoms with Crippen molar-refractivity contribution in [2.24, 2.45) is 0 Å². The first-order chi connectivity index (χ1) is 11.3. The van der Waals surface area contributed by atoms with Crippen molar-refractivity contribution in [1.29, 1.82) is 0 Å². The summed E-state index contributed by atoms with van der Waals surface area (Å²) in [6, 6.07) is 11.3.